The van der Waals surface area contributed by atoms with E-state index in [1.807, 2.05) is 0 Å². The van der Waals surface area contributed by atoms with Gasteiger partial charge < -0.3 is 15.5 Å². The molecule has 0 aromatic carbocycles. The van der Waals surface area contributed by atoms with Gasteiger partial charge in [-0.1, -0.05) is 6.92 Å². The topological polar surface area (TPSA) is 89.7 Å². The fourth-order valence-corrected chi connectivity index (χ4v) is 4.09. The molecular weight excluding hydrogens is 254 g/mol. The predicted octanol–water partition coefficient (Wildman–Crippen LogP) is 2.00. The summed E-state index contributed by atoms with van der Waals surface area (Å²) >= 11 is 0. The summed E-state index contributed by atoms with van der Waals surface area (Å²) in [7, 11) is 0. The molecule has 0 spiro atoms. The van der Waals surface area contributed by atoms with Gasteiger partial charge in [0.15, 0.2) is 5.65 Å². The number of fused-ring (bicyclic) bond motifs is 3. The number of ether oxygens (including phenoxy) is 1. The number of nitrogen functional groups attached to an aromatic ring is 1. The Morgan fingerprint density at radius 3 is 3.00 bits per heavy atom. The van der Waals surface area contributed by atoms with Gasteiger partial charge in [-0.15, -0.1) is 0 Å². The van der Waals surface area contributed by atoms with Crippen LogP contribution in [0, 0.1) is 23.7 Å². The van der Waals surface area contributed by atoms with Crippen molar-refractivity contribution in [2.75, 3.05) is 12.3 Å². The predicted molar refractivity (Wildman–Crippen MR) is 75.1 cm³/mol. The molecule has 106 valence electrons. The second-order valence-electron chi connectivity index (χ2n) is 6.16. The van der Waals surface area contributed by atoms with Crippen molar-refractivity contribution in [1.29, 1.82) is 0 Å². The summed E-state index contributed by atoms with van der Waals surface area (Å²) in [5.74, 6) is 3.86. The summed E-state index contributed by atoms with van der Waals surface area (Å²) in [5.41, 5.74) is 6.99. The van der Waals surface area contributed by atoms with Crippen molar-refractivity contribution >= 4 is 17.1 Å². The summed E-state index contributed by atoms with van der Waals surface area (Å²) < 4.78 is 5.96. The van der Waals surface area contributed by atoms with E-state index >= 15 is 0 Å². The third kappa shape index (κ3) is 1.74. The Bertz CT molecular complexity index is 638. The molecule has 2 fully saturated rings. The second kappa shape index (κ2) is 4.33. The van der Waals surface area contributed by atoms with Gasteiger partial charge in [-0.3, -0.25) is 0 Å². The number of hydrogen-bond donors (Lipinski definition) is 2. The second-order valence-corrected chi connectivity index (χ2v) is 6.16. The third-order valence-electron chi connectivity index (χ3n) is 5.22. The highest BCUT2D eigenvalue weighted by atomic mass is 16.5. The van der Waals surface area contributed by atoms with Gasteiger partial charge >= 0.3 is 0 Å². The molecule has 4 rings (SSSR count). The van der Waals surface area contributed by atoms with Crippen LogP contribution < -0.4 is 10.5 Å². The van der Waals surface area contributed by atoms with Gasteiger partial charge in [0.1, 0.15) is 5.52 Å². The van der Waals surface area contributed by atoms with E-state index in [4.69, 9.17) is 10.5 Å². The van der Waals surface area contributed by atoms with E-state index < -0.39 is 0 Å². The molecule has 0 aliphatic heterocycles. The third-order valence-corrected chi connectivity index (χ3v) is 5.22. The number of nitrogens with two attached hydrogens (primary N) is 1. The number of hydrogen-bond acceptors (Lipinski definition) is 5. The van der Waals surface area contributed by atoms with Crippen LogP contribution in [0.25, 0.3) is 11.2 Å². The number of anilines is 1. The Morgan fingerprint density at radius 2 is 2.20 bits per heavy atom. The molecule has 6 heteroatoms. The molecule has 3 N–H and O–H groups in total. The molecule has 4 atom stereocenters. The zero-order valence-corrected chi connectivity index (χ0v) is 11.5. The van der Waals surface area contributed by atoms with Crippen LogP contribution in [0.3, 0.4) is 0 Å². The van der Waals surface area contributed by atoms with E-state index in [2.05, 4.69) is 26.9 Å². The van der Waals surface area contributed by atoms with Gasteiger partial charge in [-0.2, -0.15) is 9.97 Å². The lowest BCUT2D eigenvalue weighted by atomic mass is 9.81. The van der Waals surface area contributed by atoms with Crippen molar-refractivity contribution in [1.82, 2.24) is 19.9 Å². The highest BCUT2D eigenvalue weighted by Gasteiger charge is 2.45. The standard InChI is InChI=1S/C14H19N5O/c1-7-8-2-3-9(4-8)10(7)5-20-13-11-12(17-6-16-11)18-14(15)19-13/h6-10H,2-5H2,1H3,(H3,15,16,17,18,19). The lowest BCUT2D eigenvalue weighted by Gasteiger charge is -2.27. The van der Waals surface area contributed by atoms with Crippen molar-refractivity contribution in [3.63, 3.8) is 0 Å². The summed E-state index contributed by atoms with van der Waals surface area (Å²) in [6.45, 7) is 3.07. The quantitative estimate of drug-likeness (QED) is 0.892. The molecule has 2 bridgehead atoms. The van der Waals surface area contributed by atoms with Crippen molar-refractivity contribution in [2.24, 2.45) is 23.7 Å². The molecule has 2 aromatic rings. The van der Waals surface area contributed by atoms with Gasteiger partial charge in [-0.05, 0) is 42.9 Å². The highest BCUT2D eigenvalue weighted by Crippen LogP contribution is 2.52. The van der Waals surface area contributed by atoms with Gasteiger partial charge in [0.2, 0.25) is 11.8 Å². The van der Waals surface area contributed by atoms with Crippen molar-refractivity contribution in [3.8, 4) is 5.88 Å². The summed E-state index contributed by atoms with van der Waals surface area (Å²) in [6.07, 6.45) is 5.72. The number of H-pyrrole nitrogens is 1. The molecule has 2 aliphatic carbocycles. The van der Waals surface area contributed by atoms with Crippen LogP contribution >= 0.6 is 0 Å². The molecule has 20 heavy (non-hydrogen) atoms. The number of aromatic nitrogens is 4. The molecular formula is C14H19N5O. The summed E-state index contributed by atoms with van der Waals surface area (Å²) in [6, 6.07) is 0. The zero-order chi connectivity index (χ0) is 13.7. The molecule has 2 saturated carbocycles. The molecule has 2 aromatic heterocycles. The SMILES string of the molecule is CC1C2CCC(C2)C1COc1nc(N)nc2nc[nH]c12. The molecule has 6 nitrogen and oxygen atoms in total. The first-order valence-corrected chi connectivity index (χ1v) is 7.31. The average molecular weight is 273 g/mol. The van der Waals surface area contributed by atoms with Crippen LogP contribution in [0.15, 0.2) is 6.33 Å². The minimum Gasteiger partial charge on any atom is -0.476 e. The van der Waals surface area contributed by atoms with E-state index in [9.17, 15) is 0 Å². The van der Waals surface area contributed by atoms with E-state index in [1.54, 1.807) is 6.33 Å². The maximum absolute atomic E-state index is 5.96. The molecule has 4 unspecified atom stereocenters. The fraction of sp³-hybridized carbons (Fsp3) is 0.643. The Hall–Kier alpha value is -1.85. The van der Waals surface area contributed by atoms with E-state index in [1.165, 1.54) is 19.3 Å². The van der Waals surface area contributed by atoms with E-state index in [0.717, 1.165) is 23.3 Å². The normalized spacial score (nSPS) is 32.0. The van der Waals surface area contributed by atoms with E-state index in [0.29, 0.717) is 24.1 Å². The molecule has 0 radical (unpaired) electrons. The Labute approximate surface area is 117 Å². The molecule has 0 saturated heterocycles. The first-order chi connectivity index (χ1) is 9.72. The van der Waals surface area contributed by atoms with Gasteiger partial charge in [0, 0.05) is 0 Å². The highest BCUT2D eigenvalue weighted by molar-refractivity contribution is 5.76. The lowest BCUT2D eigenvalue weighted by Crippen LogP contribution is -2.26. The summed E-state index contributed by atoms with van der Waals surface area (Å²) in [5, 5.41) is 0. The lowest BCUT2D eigenvalue weighted by molar-refractivity contribution is 0.146. The number of nitrogens with one attached hydrogen (secondary N) is 1. The van der Waals surface area contributed by atoms with Crippen molar-refractivity contribution in [2.45, 2.75) is 26.2 Å². The first-order valence-electron chi connectivity index (χ1n) is 7.31. The van der Waals surface area contributed by atoms with Crippen molar-refractivity contribution in [3.05, 3.63) is 6.33 Å². The fourth-order valence-electron chi connectivity index (χ4n) is 4.09. The largest absolute Gasteiger partial charge is 0.476 e. The average Bonchev–Trinajstić information content (AvgIpc) is 3.11. The van der Waals surface area contributed by atoms with Crippen LogP contribution in [0.4, 0.5) is 5.95 Å². The van der Waals surface area contributed by atoms with Gasteiger partial charge in [0.25, 0.3) is 0 Å². The molecule has 2 aliphatic rings. The number of aromatic amines is 1. The number of imidazole rings is 1. The minimum atomic E-state index is 0.209. The summed E-state index contributed by atoms with van der Waals surface area (Å²) in [4.78, 5) is 15.4. The minimum absolute atomic E-state index is 0.209. The molecule has 2 heterocycles. The monoisotopic (exact) mass is 273 g/mol. The maximum Gasteiger partial charge on any atom is 0.245 e. The van der Waals surface area contributed by atoms with E-state index in [-0.39, 0.29) is 5.95 Å². The maximum atomic E-state index is 5.96. The Balaban J connectivity index is 1.55. The number of rotatable bonds is 3. The smallest absolute Gasteiger partial charge is 0.245 e. The first kappa shape index (κ1) is 11.9. The van der Waals surface area contributed by atoms with Crippen LogP contribution in [0.1, 0.15) is 26.2 Å². The number of nitrogens with zero attached hydrogens (tertiary/aromatic N) is 3. The van der Waals surface area contributed by atoms with Crippen LogP contribution in [-0.2, 0) is 0 Å². The van der Waals surface area contributed by atoms with Crippen LogP contribution in [-0.4, -0.2) is 26.5 Å². The Kier molecular flexibility index (Phi) is 2.58. The van der Waals surface area contributed by atoms with Gasteiger partial charge in [0.05, 0.1) is 12.9 Å². The zero-order valence-electron chi connectivity index (χ0n) is 11.5. The van der Waals surface area contributed by atoms with Crippen LogP contribution in [0.5, 0.6) is 5.88 Å². The van der Waals surface area contributed by atoms with Crippen LogP contribution in [0.2, 0.25) is 0 Å². The molecule has 0 amide bonds. The van der Waals surface area contributed by atoms with Crippen molar-refractivity contribution < 1.29 is 4.74 Å². The van der Waals surface area contributed by atoms with Gasteiger partial charge in [-0.25, -0.2) is 4.98 Å². The Morgan fingerprint density at radius 1 is 1.35 bits per heavy atom.